The van der Waals surface area contributed by atoms with E-state index in [9.17, 15) is 24.6 Å². The highest BCUT2D eigenvalue weighted by molar-refractivity contribution is 6.27. The monoisotopic (exact) mass is 641 g/mol. The average molecular weight is 642 g/mol. The number of aliphatic hydroxyl groups is 1. The Bertz CT molecular complexity index is 1970. The van der Waals surface area contributed by atoms with Crippen LogP contribution in [0.15, 0.2) is 18.2 Å². The van der Waals surface area contributed by atoms with Crippen molar-refractivity contribution in [2.24, 2.45) is 0 Å². The van der Waals surface area contributed by atoms with E-state index in [4.69, 9.17) is 14.7 Å². The number of carboxylic acids is 1. The van der Waals surface area contributed by atoms with Crippen LogP contribution in [0, 0.1) is 13.8 Å². The van der Waals surface area contributed by atoms with Gasteiger partial charge in [0.25, 0.3) is 5.91 Å². The minimum atomic E-state index is -0.937. The van der Waals surface area contributed by atoms with Gasteiger partial charge in [0, 0.05) is 65.2 Å². The Balaban J connectivity index is 2.03. The number of carbonyl (C=O) groups excluding carboxylic acids is 2. The summed E-state index contributed by atoms with van der Waals surface area (Å²) in [5.74, 6) is -2.40. The molecule has 0 aromatic carbocycles. The van der Waals surface area contributed by atoms with Gasteiger partial charge in [0.05, 0.1) is 36.2 Å². The Morgan fingerprint density at radius 3 is 2.23 bits per heavy atom. The summed E-state index contributed by atoms with van der Waals surface area (Å²) in [6.45, 7) is 9.98. The maximum Gasteiger partial charge on any atom is 0.310 e. The molecule has 2 aliphatic rings. The number of hydrogen-bond donors (Lipinski definition) is 5. The summed E-state index contributed by atoms with van der Waals surface area (Å²) < 4.78 is 5.10. The summed E-state index contributed by atoms with van der Waals surface area (Å²) in [6, 6.07) is 5.96. The molecule has 47 heavy (non-hydrogen) atoms. The molecule has 11 nitrogen and oxygen atoms in total. The number of carbonyl (C=O) groups is 3. The lowest BCUT2D eigenvalue weighted by atomic mass is 9.84. The van der Waals surface area contributed by atoms with Crippen molar-refractivity contribution < 1.29 is 29.3 Å². The Labute approximate surface area is 273 Å². The normalized spacial score (nSPS) is 16.0. The first-order chi connectivity index (χ1) is 22.4. The Morgan fingerprint density at radius 1 is 0.957 bits per heavy atom. The number of esters is 1. The number of methoxy groups -OCH3 is 1. The number of aliphatic hydroxyl groups excluding tert-OH is 1. The van der Waals surface area contributed by atoms with Crippen molar-refractivity contribution in [2.45, 2.75) is 78.6 Å². The third-order valence-corrected chi connectivity index (χ3v) is 9.65. The summed E-state index contributed by atoms with van der Waals surface area (Å²) in [6.07, 6.45) is 1.18. The Hall–Kier alpha value is -4.77. The molecule has 0 spiro atoms. The molecule has 0 fully saturated rings. The topological polar surface area (TPSA) is 170 Å². The molecule has 0 aliphatic carbocycles. The van der Waals surface area contributed by atoms with Crippen LogP contribution in [-0.2, 0) is 38.4 Å². The standard InChI is InChI=1S/C36H43N5O6/c1-8-21-17(2)26-15-30-22(11-12-42)18(3)25(39-30)14-27-19(4)23(9-10-31(43)44)34(40-27)24(13-32(45)47-7)35-33(36(46)37-6)20(5)28(41-35)16-29(21)38-26/h14-16,19,23,38-39,42H,8-13H2,1-7H3,(H,37,46)(H,43,44). The van der Waals surface area contributed by atoms with E-state index in [1.807, 2.05) is 32.9 Å². The summed E-state index contributed by atoms with van der Waals surface area (Å²) in [5.41, 5.74) is 11.2. The smallest absolute Gasteiger partial charge is 0.310 e. The molecular formula is C36H43N5O6. The van der Waals surface area contributed by atoms with Crippen LogP contribution in [0.1, 0.15) is 96.0 Å². The summed E-state index contributed by atoms with van der Waals surface area (Å²) in [4.78, 5) is 55.5. The second kappa shape index (κ2) is 13.5. The number of nitrogens with zero attached hydrogens (tertiary/aromatic N) is 2. The number of aliphatic carboxylic acids is 1. The lowest BCUT2D eigenvalue weighted by Crippen LogP contribution is -2.21. The van der Waals surface area contributed by atoms with Gasteiger partial charge < -0.3 is 30.2 Å². The number of likely N-dealkylation sites (N-methyl/N-ethyl adjacent to an activating group) is 1. The van der Waals surface area contributed by atoms with Crippen LogP contribution < -0.4 is 5.32 Å². The maximum atomic E-state index is 13.5. The van der Waals surface area contributed by atoms with E-state index in [2.05, 4.69) is 35.2 Å². The fourth-order valence-electron chi connectivity index (χ4n) is 6.94. The third-order valence-electron chi connectivity index (χ3n) is 9.65. The van der Waals surface area contributed by atoms with Gasteiger partial charge in [0.2, 0.25) is 0 Å². The number of nitrogens with one attached hydrogen (secondary N) is 3. The molecule has 0 saturated heterocycles. The van der Waals surface area contributed by atoms with Crippen LogP contribution in [0.3, 0.4) is 0 Å². The number of rotatable bonds is 9. The Morgan fingerprint density at radius 2 is 1.62 bits per heavy atom. The molecule has 1 amide bonds. The maximum absolute atomic E-state index is 13.5. The number of fused-ring (bicyclic) bond motifs is 8. The summed E-state index contributed by atoms with van der Waals surface area (Å²) >= 11 is 0. The zero-order chi connectivity index (χ0) is 34.2. The molecular weight excluding hydrogens is 598 g/mol. The summed E-state index contributed by atoms with van der Waals surface area (Å²) in [5, 5.41) is 22.3. The largest absolute Gasteiger partial charge is 0.481 e. The molecule has 5 N–H and O–H groups in total. The Kier molecular flexibility index (Phi) is 9.67. The van der Waals surface area contributed by atoms with Gasteiger partial charge in [-0.15, -0.1) is 0 Å². The first kappa shape index (κ1) is 33.6. The SMILES string of the molecule is CCc1c(C)c2cc3[nH]c(cc4nc(c(CC(=O)OC)c5nc(cc1[nH]2)C(C)=C5C(=O)NC)C(CCC(=O)O)C4C)c(C)c3CCO. The minimum absolute atomic E-state index is 0.0159. The van der Waals surface area contributed by atoms with E-state index >= 15 is 0 Å². The van der Waals surface area contributed by atoms with Gasteiger partial charge in [-0.25, -0.2) is 4.98 Å². The molecule has 5 heterocycles. The van der Waals surface area contributed by atoms with Crippen molar-refractivity contribution in [3.63, 3.8) is 0 Å². The number of aryl methyl sites for hydroxylation is 3. The fourth-order valence-corrected chi connectivity index (χ4v) is 6.94. The highest BCUT2D eigenvalue weighted by Gasteiger charge is 2.35. The van der Waals surface area contributed by atoms with E-state index in [0.717, 1.165) is 50.7 Å². The summed E-state index contributed by atoms with van der Waals surface area (Å²) in [7, 11) is 2.85. The van der Waals surface area contributed by atoms with Gasteiger partial charge in [-0.05, 0) is 86.1 Å². The molecule has 2 unspecified atom stereocenters. The van der Waals surface area contributed by atoms with E-state index in [1.165, 1.54) is 7.11 Å². The number of ether oxygens (including phenoxy) is 1. The van der Waals surface area contributed by atoms with E-state index < -0.39 is 11.9 Å². The van der Waals surface area contributed by atoms with E-state index in [1.54, 1.807) is 7.05 Å². The predicted molar refractivity (Wildman–Crippen MR) is 181 cm³/mol. The zero-order valence-electron chi connectivity index (χ0n) is 28.1. The molecule has 3 aromatic heterocycles. The highest BCUT2D eigenvalue weighted by atomic mass is 16.5. The zero-order valence-corrected chi connectivity index (χ0v) is 28.1. The van der Waals surface area contributed by atoms with Crippen LogP contribution in [0.5, 0.6) is 0 Å². The molecule has 8 bridgehead atoms. The second-order valence-electron chi connectivity index (χ2n) is 12.3. The van der Waals surface area contributed by atoms with Crippen molar-refractivity contribution in [3.8, 4) is 0 Å². The molecule has 3 aromatic rings. The number of carboxylic acid groups (broad SMARTS) is 1. The van der Waals surface area contributed by atoms with Gasteiger partial charge in [-0.2, -0.15) is 0 Å². The van der Waals surface area contributed by atoms with E-state index in [0.29, 0.717) is 45.9 Å². The van der Waals surface area contributed by atoms with Gasteiger partial charge in [0.1, 0.15) is 0 Å². The van der Waals surface area contributed by atoms with Gasteiger partial charge in [-0.1, -0.05) is 13.8 Å². The van der Waals surface area contributed by atoms with Crippen molar-refractivity contribution in [1.82, 2.24) is 25.3 Å². The fraction of sp³-hybridized carbons (Fsp3) is 0.417. The van der Waals surface area contributed by atoms with Crippen LogP contribution in [-0.4, -0.2) is 68.8 Å². The first-order valence-electron chi connectivity index (χ1n) is 16.0. The van der Waals surface area contributed by atoms with Crippen molar-refractivity contribution in [2.75, 3.05) is 20.8 Å². The second-order valence-corrected chi connectivity index (χ2v) is 12.3. The van der Waals surface area contributed by atoms with Crippen molar-refractivity contribution in [3.05, 3.63) is 68.8 Å². The molecule has 0 radical (unpaired) electrons. The van der Waals surface area contributed by atoms with Crippen LogP contribution in [0.2, 0.25) is 0 Å². The van der Waals surface area contributed by atoms with Crippen LogP contribution >= 0.6 is 0 Å². The first-order valence-corrected chi connectivity index (χ1v) is 16.0. The molecule has 11 heteroatoms. The predicted octanol–water partition coefficient (Wildman–Crippen LogP) is 5.17. The number of H-pyrrole nitrogens is 2. The number of aromatic nitrogens is 4. The van der Waals surface area contributed by atoms with Gasteiger partial charge in [-0.3, -0.25) is 19.4 Å². The minimum Gasteiger partial charge on any atom is -0.481 e. The van der Waals surface area contributed by atoms with Crippen LogP contribution in [0.4, 0.5) is 0 Å². The number of allylic oxidation sites excluding steroid dienone is 1. The van der Waals surface area contributed by atoms with Gasteiger partial charge in [0.15, 0.2) is 0 Å². The quantitative estimate of drug-likeness (QED) is 0.199. The molecule has 2 aliphatic heterocycles. The molecule has 248 valence electrons. The highest BCUT2D eigenvalue weighted by Crippen LogP contribution is 2.43. The van der Waals surface area contributed by atoms with Gasteiger partial charge >= 0.3 is 11.9 Å². The lowest BCUT2D eigenvalue weighted by molar-refractivity contribution is -0.140. The lowest BCUT2D eigenvalue weighted by Gasteiger charge is -2.18. The van der Waals surface area contributed by atoms with Crippen molar-refractivity contribution >= 4 is 51.1 Å². The number of hydrogen-bond acceptors (Lipinski definition) is 7. The van der Waals surface area contributed by atoms with Crippen molar-refractivity contribution in [1.29, 1.82) is 0 Å². The van der Waals surface area contributed by atoms with Crippen LogP contribution in [0.25, 0.3) is 33.2 Å². The average Bonchev–Trinajstić information content (AvgIpc) is 3.72. The third kappa shape index (κ3) is 6.19. The van der Waals surface area contributed by atoms with E-state index in [-0.39, 0.29) is 43.6 Å². The molecule has 2 atom stereocenters. The number of aromatic amines is 2. The molecule has 5 rings (SSSR count). The molecule has 0 saturated carbocycles. The number of amides is 1.